The molecule has 3 heteroatoms. The molecule has 0 spiro atoms. The van der Waals surface area contributed by atoms with E-state index in [-0.39, 0.29) is 0 Å². The molecule has 1 heterocycles. The van der Waals surface area contributed by atoms with Crippen LogP contribution in [0.1, 0.15) is 83.6 Å². The standard InChI is InChI=1S/C16H29NO2/c1-7-13(10-9-11(3)4)15-17-14(12(5)19-15)16(6,18)8-2/h11,13,18H,7-10H2,1-6H3/t13?,16-/m0/s1. The van der Waals surface area contributed by atoms with Crippen molar-refractivity contribution in [2.45, 2.75) is 78.7 Å². The predicted molar refractivity (Wildman–Crippen MR) is 78.2 cm³/mol. The second-order valence-corrected chi connectivity index (χ2v) is 6.16. The Morgan fingerprint density at radius 3 is 2.37 bits per heavy atom. The van der Waals surface area contributed by atoms with E-state index in [9.17, 15) is 5.11 Å². The topological polar surface area (TPSA) is 46.3 Å². The van der Waals surface area contributed by atoms with Gasteiger partial charge >= 0.3 is 0 Å². The summed E-state index contributed by atoms with van der Waals surface area (Å²) in [5, 5.41) is 10.3. The molecule has 0 saturated carbocycles. The minimum Gasteiger partial charge on any atom is -0.445 e. The van der Waals surface area contributed by atoms with E-state index in [4.69, 9.17) is 4.42 Å². The Kier molecular flexibility index (Phi) is 5.60. The minimum absolute atomic E-state index is 0.363. The van der Waals surface area contributed by atoms with Gasteiger partial charge in [-0.2, -0.15) is 0 Å². The lowest BCUT2D eigenvalue weighted by atomic mass is 9.95. The highest BCUT2D eigenvalue weighted by atomic mass is 16.4. The van der Waals surface area contributed by atoms with Gasteiger partial charge < -0.3 is 9.52 Å². The van der Waals surface area contributed by atoms with Crippen LogP contribution in [0.25, 0.3) is 0 Å². The minimum atomic E-state index is -0.887. The summed E-state index contributed by atoms with van der Waals surface area (Å²) >= 11 is 0. The zero-order chi connectivity index (χ0) is 14.6. The van der Waals surface area contributed by atoms with Crippen LogP contribution in [0.5, 0.6) is 0 Å². The molecule has 1 aromatic rings. The van der Waals surface area contributed by atoms with Crippen LogP contribution in [0, 0.1) is 12.8 Å². The summed E-state index contributed by atoms with van der Waals surface area (Å²) in [6, 6.07) is 0. The summed E-state index contributed by atoms with van der Waals surface area (Å²) in [6.45, 7) is 12.3. The van der Waals surface area contributed by atoms with Crippen LogP contribution >= 0.6 is 0 Å². The first kappa shape index (κ1) is 16.2. The summed E-state index contributed by atoms with van der Waals surface area (Å²) in [7, 11) is 0. The second-order valence-electron chi connectivity index (χ2n) is 6.16. The fraction of sp³-hybridized carbons (Fsp3) is 0.812. The molecule has 0 fully saturated rings. The Bertz CT molecular complexity index is 393. The average Bonchev–Trinajstić information content (AvgIpc) is 2.72. The fourth-order valence-corrected chi connectivity index (χ4v) is 2.30. The molecule has 1 unspecified atom stereocenters. The maximum absolute atomic E-state index is 10.3. The summed E-state index contributed by atoms with van der Waals surface area (Å²) in [5.41, 5.74) is -0.185. The third kappa shape index (κ3) is 4.07. The highest BCUT2D eigenvalue weighted by Crippen LogP contribution is 2.32. The third-order valence-electron chi connectivity index (χ3n) is 3.95. The highest BCUT2D eigenvalue weighted by molar-refractivity contribution is 5.17. The fourth-order valence-electron chi connectivity index (χ4n) is 2.30. The number of aliphatic hydroxyl groups is 1. The van der Waals surface area contributed by atoms with E-state index in [0.717, 1.165) is 24.5 Å². The Hall–Kier alpha value is -0.830. The van der Waals surface area contributed by atoms with Crippen molar-refractivity contribution >= 4 is 0 Å². The van der Waals surface area contributed by atoms with Crippen LogP contribution in [0.4, 0.5) is 0 Å². The smallest absolute Gasteiger partial charge is 0.197 e. The van der Waals surface area contributed by atoms with Crippen molar-refractivity contribution < 1.29 is 9.52 Å². The first-order chi connectivity index (χ1) is 8.81. The lowest BCUT2D eigenvalue weighted by Gasteiger charge is -2.18. The molecule has 0 bridgehead atoms. The molecule has 3 nitrogen and oxygen atoms in total. The maximum Gasteiger partial charge on any atom is 0.197 e. The lowest BCUT2D eigenvalue weighted by Crippen LogP contribution is -2.21. The Labute approximate surface area is 117 Å². The molecule has 0 aliphatic rings. The molecular weight excluding hydrogens is 238 g/mol. The van der Waals surface area contributed by atoms with Gasteiger partial charge in [-0.25, -0.2) is 4.98 Å². The van der Waals surface area contributed by atoms with Crippen LogP contribution in [-0.2, 0) is 5.60 Å². The summed E-state index contributed by atoms with van der Waals surface area (Å²) in [4.78, 5) is 4.58. The van der Waals surface area contributed by atoms with Crippen LogP contribution in [0.3, 0.4) is 0 Å². The molecule has 2 atom stereocenters. The predicted octanol–water partition coefficient (Wildman–Crippen LogP) is 4.53. The van der Waals surface area contributed by atoms with Gasteiger partial charge in [0.1, 0.15) is 17.1 Å². The van der Waals surface area contributed by atoms with Crippen molar-refractivity contribution in [3.63, 3.8) is 0 Å². The number of oxazole rings is 1. The number of rotatable bonds is 7. The average molecular weight is 267 g/mol. The molecule has 0 aliphatic heterocycles. The van der Waals surface area contributed by atoms with Gasteiger partial charge in [0.25, 0.3) is 0 Å². The van der Waals surface area contributed by atoms with Gasteiger partial charge in [-0.3, -0.25) is 0 Å². The van der Waals surface area contributed by atoms with Crippen molar-refractivity contribution in [2.24, 2.45) is 5.92 Å². The number of aryl methyl sites for hydroxylation is 1. The Morgan fingerprint density at radius 2 is 1.89 bits per heavy atom. The van der Waals surface area contributed by atoms with Crippen molar-refractivity contribution in [1.29, 1.82) is 0 Å². The van der Waals surface area contributed by atoms with E-state index in [0.29, 0.717) is 24.0 Å². The zero-order valence-electron chi connectivity index (χ0n) is 13.3. The van der Waals surface area contributed by atoms with E-state index in [1.807, 2.05) is 13.8 Å². The quantitative estimate of drug-likeness (QED) is 0.789. The Morgan fingerprint density at radius 1 is 1.26 bits per heavy atom. The molecule has 0 aromatic carbocycles. The van der Waals surface area contributed by atoms with Crippen molar-refractivity contribution in [2.75, 3.05) is 0 Å². The SMILES string of the molecule is CCC(CCC(C)C)c1nc([C@@](C)(O)CC)c(C)o1. The maximum atomic E-state index is 10.3. The summed E-state index contributed by atoms with van der Waals surface area (Å²) in [5.74, 6) is 2.61. The van der Waals surface area contributed by atoms with Gasteiger partial charge in [0.05, 0.1) is 0 Å². The monoisotopic (exact) mass is 267 g/mol. The number of hydrogen-bond acceptors (Lipinski definition) is 3. The zero-order valence-corrected chi connectivity index (χ0v) is 13.3. The first-order valence-electron chi connectivity index (χ1n) is 7.51. The van der Waals surface area contributed by atoms with Crippen molar-refractivity contribution in [1.82, 2.24) is 4.98 Å². The van der Waals surface area contributed by atoms with Crippen molar-refractivity contribution in [3.05, 3.63) is 17.3 Å². The normalized spacial score (nSPS) is 16.6. The van der Waals surface area contributed by atoms with Crippen LogP contribution in [0.15, 0.2) is 4.42 Å². The molecule has 0 radical (unpaired) electrons. The largest absolute Gasteiger partial charge is 0.445 e. The van der Waals surface area contributed by atoms with Crippen LogP contribution < -0.4 is 0 Å². The van der Waals surface area contributed by atoms with Crippen molar-refractivity contribution in [3.8, 4) is 0 Å². The van der Waals surface area contributed by atoms with Gasteiger partial charge in [0.2, 0.25) is 0 Å². The summed E-state index contributed by atoms with van der Waals surface area (Å²) < 4.78 is 5.82. The molecule has 0 amide bonds. The van der Waals surface area contributed by atoms with Gasteiger partial charge in [-0.05, 0) is 39.0 Å². The first-order valence-corrected chi connectivity index (χ1v) is 7.51. The lowest BCUT2D eigenvalue weighted by molar-refractivity contribution is 0.0475. The van der Waals surface area contributed by atoms with E-state index in [2.05, 4.69) is 25.8 Å². The molecule has 1 N–H and O–H groups in total. The molecule has 0 saturated heterocycles. The van der Waals surface area contributed by atoms with Gasteiger partial charge in [-0.15, -0.1) is 0 Å². The highest BCUT2D eigenvalue weighted by Gasteiger charge is 2.29. The van der Waals surface area contributed by atoms with Gasteiger partial charge in [0, 0.05) is 5.92 Å². The molecule has 1 aromatic heterocycles. The molecule has 19 heavy (non-hydrogen) atoms. The number of hydrogen-bond donors (Lipinski definition) is 1. The van der Waals surface area contributed by atoms with E-state index in [1.165, 1.54) is 6.42 Å². The molecular formula is C16H29NO2. The third-order valence-corrected chi connectivity index (χ3v) is 3.95. The molecule has 0 aliphatic carbocycles. The van der Waals surface area contributed by atoms with Crippen LogP contribution in [-0.4, -0.2) is 10.1 Å². The number of aromatic nitrogens is 1. The van der Waals surface area contributed by atoms with E-state index < -0.39 is 5.60 Å². The molecule has 1 rings (SSSR count). The van der Waals surface area contributed by atoms with Crippen LogP contribution in [0.2, 0.25) is 0 Å². The molecule has 110 valence electrons. The summed E-state index contributed by atoms with van der Waals surface area (Å²) in [6.07, 6.45) is 3.95. The van der Waals surface area contributed by atoms with Gasteiger partial charge in [-0.1, -0.05) is 34.1 Å². The Balaban J connectivity index is 2.92. The van der Waals surface area contributed by atoms with Gasteiger partial charge in [0.15, 0.2) is 5.89 Å². The second kappa shape index (κ2) is 6.56. The van der Waals surface area contributed by atoms with E-state index in [1.54, 1.807) is 6.92 Å². The number of nitrogens with zero attached hydrogens (tertiary/aromatic N) is 1. The van der Waals surface area contributed by atoms with E-state index >= 15 is 0 Å².